The van der Waals surface area contributed by atoms with Gasteiger partial charge in [-0.1, -0.05) is 0 Å². The third-order valence-corrected chi connectivity index (χ3v) is 2.98. The molecular weight excluding hydrogens is 254 g/mol. The smallest absolute Gasteiger partial charge is 0.222 e. The molecule has 0 aliphatic carbocycles. The van der Waals surface area contributed by atoms with Crippen molar-refractivity contribution in [3.63, 3.8) is 0 Å². The van der Waals surface area contributed by atoms with Gasteiger partial charge in [0.2, 0.25) is 5.95 Å². The van der Waals surface area contributed by atoms with Gasteiger partial charge in [-0.25, -0.2) is 4.98 Å². The van der Waals surface area contributed by atoms with E-state index in [1.54, 1.807) is 7.11 Å². The second-order valence-electron chi connectivity index (χ2n) is 4.50. The molecule has 2 aromatic heterocycles. The second kappa shape index (κ2) is 4.73. The van der Waals surface area contributed by atoms with Crippen LogP contribution in [0.4, 0.5) is 17.5 Å². The van der Waals surface area contributed by atoms with Crippen LogP contribution in [-0.2, 0) is 0 Å². The molecule has 6 nitrogen and oxygen atoms in total. The van der Waals surface area contributed by atoms with Crippen LogP contribution in [0.25, 0.3) is 11.0 Å². The summed E-state index contributed by atoms with van der Waals surface area (Å²) in [6.07, 6.45) is 0. The molecule has 0 amide bonds. The molecule has 4 N–H and O–H groups in total. The van der Waals surface area contributed by atoms with Crippen LogP contribution in [0.5, 0.6) is 5.75 Å². The van der Waals surface area contributed by atoms with Gasteiger partial charge >= 0.3 is 0 Å². The predicted octanol–water partition coefficient (Wildman–Crippen LogP) is 2.60. The summed E-state index contributed by atoms with van der Waals surface area (Å²) >= 11 is 0. The van der Waals surface area contributed by atoms with Crippen molar-refractivity contribution in [2.75, 3.05) is 18.2 Å². The highest BCUT2D eigenvalue weighted by atomic mass is 16.5. The minimum Gasteiger partial charge on any atom is -0.497 e. The fraction of sp³-hybridized carbons (Fsp3) is 0.143. The highest BCUT2D eigenvalue weighted by molar-refractivity contribution is 5.89. The van der Waals surface area contributed by atoms with E-state index in [0.29, 0.717) is 5.82 Å². The Morgan fingerprint density at radius 3 is 2.65 bits per heavy atom. The summed E-state index contributed by atoms with van der Waals surface area (Å²) in [5, 5.41) is 3.23. The quantitative estimate of drug-likeness (QED) is 0.680. The molecule has 0 radical (unpaired) electrons. The van der Waals surface area contributed by atoms with Crippen LogP contribution < -0.4 is 15.8 Å². The van der Waals surface area contributed by atoms with Crippen LogP contribution >= 0.6 is 0 Å². The van der Waals surface area contributed by atoms with Gasteiger partial charge in [0.25, 0.3) is 0 Å². The van der Waals surface area contributed by atoms with Crippen LogP contribution in [0.3, 0.4) is 0 Å². The molecule has 0 spiro atoms. The molecule has 0 saturated carbocycles. The summed E-state index contributed by atoms with van der Waals surface area (Å²) in [7, 11) is 1.64. The molecular formula is C14H15N5O. The molecule has 2 heterocycles. The van der Waals surface area contributed by atoms with Gasteiger partial charge < -0.3 is 20.8 Å². The number of nitrogen functional groups attached to an aromatic ring is 1. The fourth-order valence-corrected chi connectivity index (χ4v) is 2.06. The number of aryl methyl sites for hydroxylation is 1. The number of ether oxygens (including phenoxy) is 1. The van der Waals surface area contributed by atoms with Gasteiger partial charge in [0.05, 0.1) is 12.6 Å². The van der Waals surface area contributed by atoms with Gasteiger partial charge in [0.15, 0.2) is 5.82 Å². The lowest BCUT2D eigenvalue weighted by Gasteiger charge is -2.08. The van der Waals surface area contributed by atoms with Gasteiger partial charge in [0.1, 0.15) is 11.3 Å². The van der Waals surface area contributed by atoms with Crippen molar-refractivity contribution >= 4 is 28.5 Å². The number of hydrogen-bond acceptors (Lipinski definition) is 5. The number of methoxy groups -OCH3 is 1. The summed E-state index contributed by atoms with van der Waals surface area (Å²) in [4.78, 5) is 11.7. The molecule has 0 atom stereocenters. The summed E-state index contributed by atoms with van der Waals surface area (Å²) in [6, 6.07) is 9.53. The number of rotatable bonds is 3. The molecule has 3 rings (SSSR count). The fourth-order valence-electron chi connectivity index (χ4n) is 2.06. The molecule has 0 aliphatic rings. The van der Waals surface area contributed by atoms with Gasteiger partial charge in [0, 0.05) is 11.4 Å². The highest BCUT2D eigenvalue weighted by Crippen LogP contribution is 2.25. The second-order valence-corrected chi connectivity index (χ2v) is 4.50. The normalized spacial score (nSPS) is 10.7. The molecule has 0 unspecified atom stereocenters. The van der Waals surface area contributed by atoms with E-state index in [1.807, 2.05) is 37.3 Å². The van der Waals surface area contributed by atoms with Crippen LogP contribution in [0, 0.1) is 6.92 Å². The van der Waals surface area contributed by atoms with E-state index in [4.69, 9.17) is 10.5 Å². The Balaban J connectivity index is 2.00. The topological polar surface area (TPSA) is 88.8 Å². The molecule has 0 bridgehead atoms. The van der Waals surface area contributed by atoms with Crippen molar-refractivity contribution < 1.29 is 4.74 Å². The Hall–Kier alpha value is -2.76. The molecule has 0 saturated heterocycles. The first-order valence-corrected chi connectivity index (χ1v) is 6.19. The molecule has 1 aromatic carbocycles. The maximum Gasteiger partial charge on any atom is 0.222 e. The van der Waals surface area contributed by atoms with E-state index in [-0.39, 0.29) is 5.95 Å². The predicted molar refractivity (Wildman–Crippen MR) is 79.3 cm³/mol. The largest absolute Gasteiger partial charge is 0.497 e. The Morgan fingerprint density at radius 2 is 1.95 bits per heavy atom. The van der Waals surface area contributed by atoms with E-state index in [0.717, 1.165) is 28.2 Å². The maximum atomic E-state index is 5.74. The number of benzene rings is 1. The third kappa shape index (κ3) is 2.23. The minimum atomic E-state index is 0.243. The monoisotopic (exact) mass is 269 g/mol. The minimum absolute atomic E-state index is 0.243. The number of nitrogens with zero attached hydrogens (tertiary/aromatic N) is 2. The zero-order valence-electron chi connectivity index (χ0n) is 11.3. The van der Waals surface area contributed by atoms with Crippen molar-refractivity contribution in [3.8, 4) is 5.75 Å². The van der Waals surface area contributed by atoms with E-state index >= 15 is 0 Å². The van der Waals surface area contributed by atoms with E-state index in [2.05, 4.69) is 20.3 Å². The number of hydrogen-bond donors (Lipinski definition) is 3. The SMILES string of the molecule is COc1ccc(Nc2nc(N)nc3cc(C)[nH]c23)cc1. The summed E-state index contributed by atoms with van der Waals surface area (Å²) < 4.78 is 5.13. The van der Waals surface area contributed by atoms with Crippen molar-refractivity contribution in [3.05, 3.63) is 36.0 Å². The Labute approximate surface area is 116 Å². The Bertz CT molecular complexity index is 748. The van der Waals surface area contributed by atoms with E-state index < -0.39 is 0 Å². The third-order valence-electron chi connectivity index (χ3n) is 2.98. The maximum absolute atomic E-state index is 5.74. The number of H-pyrrole nitrogens is 1. The molecule has 0 aliphatic heterocycles. The average Bonchev–Trinajstić information content (AvgIpc) is 2.80. The Morgan fingerprint density at radius 1 is 1.20 bits per heavy atom. The molecule has 0 fully saturated rings. The van der Waals surface area contributed by atoms with E-state index in [1.165, 1.54) is 0 Å². The first-order chi connectivity index (χ1) is 9.65. The summed E-state index contributed by atoms with van der Waals surface area (Å²) in [6.45, 7) is 1.97. The lowest BCUT2D eigenvalue weighted by Crippen LogP contribution is -2.00. The summed E-state index contributed by atoms with van der Waals surface area (Å²) in [5.74, 6) is 1.71. The highest BCUT2D eigenvalue weighted by Gasteiger charge is 2.09. The van der Waals surface area contributed by atoms with Gasteiger partial charge in [-0.15, -0.1) is 0 Å². The number of anilines is 3. The van der Waals surface area contributed by atoms with Gasteiger partial charge in [-0.2, -0.15) is 4.98 Å². The van der Waals surface area contributed by atoms with Crippen LogP contribution in [-0.4, -0.2) is 22.1 Å². The van der Waals surface area contributed by atoms with Crippen molar-refractivity contribution in [2.24, 2.45) is 0 Å². The lowest BCUT2D eigenvalue weighted by atomic mass is 10.3. The van der Waals surface area contributed by atoms with Crippen LogP contribution in [0.1, 0.15) is 5.69 Å². The zero-order valence-corrected chi connectivity index (χ0v) is 11.3. The van der Waals surface area contributed by atoms with Gasteiger partial charge in [-0.3, -0.25) is 0 Å². The van der Waals surface area contributed by atoms with Crippen LogP contribution in [0.2, 0.25) is 0 Å². The number of fused-ring (bicyclic) bond motifs is 1. The van der Waals surface area contributed by atoms with Crippen molar-refractivity contribution in [1.82, 2.24) is 15.0 Å². The number of nitrogens with two attached hydrogens (primary N) is 1. The molecule has 102 valence electrons. The molecule has 6 heteroatoms. The molecule has 20 heavy (non-hydrogen) atoms. The number of nitrogens with one attached hydrogen (secondary N) is 2. The summed E-state index contributed by atoms with van der Waals surface area (Å²) in [5.41, 5.74) is 9.29. The average molecular weight is 269 g/mol. The van der Waals surface area contributed by atoms with E-state index in [9.17, 15) is 0 Å². The lowest BCUT2D eigenvalue weighted by molar-refractivity contribution is 0.415. The van der Waals surface area contributed by atoms with Crippen LogP contribution in [0.15, 0.2) is 30.3 Å². The first-order valence-electron chi connectivity index (χ1n) is 6.19. The molecule has 3 aromatic rings. The zero-order chi connectivity index (χ0) is 14.1. The number of aromatic amines is 1. The van der Waals surface area contributed by atoms with Crippen molar-refractivity contribution in [2.45, 2.75) is 6.92 Å². The standard InChI is InChI=1S/C14H15N5O/c1-8-7-11-12(16-8)13(19-14(15)18-11)17-9-3-5-10(20-2)6-4-9/h3-7,16H,1-2H3,(H3,15,17,18,19). The Kier molecular flexibility index (Phi) is 2.90. The van der Waals surface area contributed by atoms with Gasteiger partial charge in [-0.05, 0) is 37.3 Å². The van der Waals surface area contributed by atoms with Crippen molar-refractivity contribution in [1.29, 1.82) is 0 Å². The first kappa shape index (κ1) is 12.3. The number of aromatic nitrogens is 3.